The van der Waals surface area contributed by atoms with E-state index >= 15 is 0 Å². The summed E-state index contributed by atoms with van der Waals surface area (Å²) in [5, 5.41) is 2.41. The molecule has 0 aliphatic rings. The molecule has 1 heterocycles. The molecule has 0 aliphatic heterocycles. The van der Waals surface area contributed by atoms with Crippen LogP contribution in [0.2, 0.25) is 0 Å². The molecule has 1 aromatic carbocycles. The Hall–Kier alpha value is -2.02. The third-order valence-corrected chi connectivity index (χ3v) is 4.41. The van der Waals surface area contributed by atoms with Crippen LogP contribution in [-0.4, -0.2) is 21.1 Å². The number of amides is 1. The van der Waals surface area contributed by atoms with Crippen LogP contribution in [-0.2, 0) is 4.79 Å². The van der Waals surface area contributed by atoms with Gasteiger partial charge in [-0.15, -0.1) is 0 Å². The van der Waals surface area contributed by atoms with Gasteiger partial charge in [0.1, 0.15) is 11.6 Å². The summed E-state index contributed by atoms with van der Waals surface area (Å²) in [6.07, 6.45) is 0. The Kier molecular flexibility index (Phi) is 5.30. The van der Waals surface area contributed by atoms with E-state index in [0.717, 1.165) is 29.1 Å². The van der Waals surface area contributed by atoms with Crippen molar-refractivity contribution in [2.45, 2.75) is 38.1 Å². The number of nitrogens with zero attached hydrogens (tertiary/aromatic N) is 2. The molecule has 7 heteroatoms. The fourth-order valence-electron chi connectivity index (χ4n) is 1.83. The number of carbonyl (C=O) groups is 1. The van der Waals surface area contributed by atoms with Crippen LogP contribution in [0.5, 0.6) is 0 Å². The maximum atomic E-state index is 13.6. The molecule has 2 rings (SSSR count). The number of aryl methyl sites for hydroxylation is 2. The van der Waals surface area contributed by atoms with Crippen LogP contribution in [0.4, 0.5) is 14.5 Å². The number of hydrogen-bond acceptors (Lipinski definition) is 4. The van der Waals surface area contributed by atoms with E-state index in [9.17, 15) is 13.6 Å². The van der Waals surface area contributed by atoms with E-state index in [1.807, 2.05) is 20.8 Å². The molecular formula is C16H17F2N3OS. The molecule has 1 amide bonds. The highest BCUT2D eigenvalue weighted by Crippen LogP contribution is 2.23. The molecular weight excluding hydrogens is 320 g/mol. The molecule has 0 bridgehead atoms. The number of carbonyl (C=O) groups excluding carboxylic acids is 1. The standard InChI is InChI=1S/C16H17F2N3OS/c1-8-9(2)19-16(20-10(8)3)23-11(4)15(22)21-14-6-5-12(17)7-13(14)18/h5-7,11H,1-4H3,(H,21,22)/t11-/m1/s1. The monoisotopic (exact) mass is 337 g/mol. The van der Waals surface area contributed by atoms with Crippen LogP contribution in [0.3, 0.4) is 0 Å². The zero-order chi connectivity index (χ0) is 17.1. The van der Waals surface area contributed by atoms with Crippen LogP contribution in [0.1, 0.15) is 23.9 Å². The highest BCUT2D eigenvalue weighted by molar-refractivity contribution is 8.00. The maximum Gasteiger partial charge on any atom is 0.237 e. The van der Waals surface area contributed by atoms with E-state index in [1.54, 1.807) is 6.92 Å². The van der Waals surface area contributed by atoms with Crippen molar-refractivity contribution in [3.05, 3.63) is 46.8 Å². The predicted molar refractivity (Wildman–Crippen MR) is 86.5 cm³/mol. The summed E-state index contributed by atoms with van der Waals surface area (Å²) in [6, 6.07) is 3.01. The zero-order valence-electron chi connectivity index (χ0n) is 13.3. The second-order valence-corrected chi connectivity index (χ2v) is 6.48. The molecule has 2 aromatic rings. The van der Waals surface area contributed by atoms with Gasteiger partial charge in [0, 0.05) is 17.5 Å². The third kappa shape index (κ3) is 4.25. The molecule has 0 saturated carbocycles. The lowest BCUT2D eigenvalue weighted by Crippen LogP contribution is -2.23. The van der Waals surface area contributed by atoms with Crippen molar-refractivity contribution in [2.24, 2.45) is 0 Å². The number of benzene rings is 1. The average Bonchev–Trinajstić information content (AvgIpc) is 2.47. The fraction of sp³-hybridized carbons (Fsp3) is 0.312. The van der Waals surface area contributed by atoms with Gasteiger partial charge in [-0.05, 0) is 45.4 Å². The second kappa shape index (κ2) is 7.04. The molecule has 1 atom stereocenters. The quantitative estimate of drug-likeness (QED) is 0.681. The van der Waals surface area contributed by atoms with E-state index in [-0.39, 0.29) is 5.69 Å². The van der Waals surface area contributed by atoms with Gasteiger partial charge in [0.2, 0.25) is 5.91 Å². The molecule has 1 N–H and O–H groups in total. The molecule has 0 radical (unpaired) electrons. The largest absolute Gasteiger partial charge is 0.323 e. The van der Waals surface area contributed by atoms with Crippen molar-refractivity contribution in [1.29, 1.82) is 0 Å². The van der Waals surface area contributed by atoms with Crippen LogP contribution in [0.15, 0.2) is 23.4 Å². The number of anilines is 1. The lowest BCUT2D eigenvalue weighted by molar-refractivity contribution is -0.115. The van der Waals surface area contributed by atoms with Gasteiger partial charge in [-0.1, -0.05) is 11.8 Å². The van der Waals surface area contributed by atoms with Gasteiger partial charge in [0.05, 0.1) is 10.9 Å². The Morgan fingerprint density at radius 1 is 1.17 bits per heavy atom. The minimum absolute atomic E-state index is 0.0546. The van der Waals surface area contributed by atoms with E-state index < -0.39 is 22.8 Å². The van der Waals surface area contributed by atoms with Crippen LogP contribution in [0, 0.1) is 32.4 Å². The minimum Gasteiger partial charge on any atom is -0.323 e. The van der Waals surface area contributed by atoms with Crippen molar-refractivity contribution in [3.63, 3.8) is 0 Å². The van der Waals surface area contributed by atoms with Gasteiger partial charge in [-0.3, -0.25) is 4.79 Å². The van der Waals surface area contributed by atoms with Gasteiger partial charge < -0.3 is 5.32 Å². The first-order valence-corrected chi connectivity index (χ1v) is 7.90. The molecule has 4 nitrogen and oxygen atoms in total. The van der Waals surface area contributed by atoms with Gasteiger partial charge >= 0.3 is 0 Å². The number of rotatable bonds is 4. The number of thioether (sulfide) groups is 1. The number of hydrogen-bond donors (Lipinski definition) is 1. The van der Waals surface area contributed by atoms with E-state index in [4.69, 9.17) is 0 Å². The summed E-state index contributed by atoms with van der Waals surface area (Å²) in [6.45, 7) is 7.38. The smallest absolute Gasteiger partial charge is 0.237 e. The molecule has 122 valence electrons. The summed E-state index contributed by atoms with van der Waals surface area (Å²) in [7, 11) is 0. The highest BCUT2D eigenvalue weighted by atomic mass is 32.2. The maximum absolute atomic E-state index is 13.6. The SMILES string of the molecule is Cc1nc(S[C@H](C)C(=O)Nc2ccc(F)cc2F)nc(C)c1C. The van der Waals surface area contributed by atoms with Crippen molar-refractivity contribution in [3.8, 4) is 0 Å². The van der Waals surface area contributed by atoms with Crippen molar-refractivity contribution in [2.75, 3.05) is 5.32 Å². The Morgan fingerprint density at radius 2 is 1.78 bits per heavy atom. The lowest BCUT2D eigenvalue weighted by Gasteiger charge is -2.13. The van der Waals surface area contributed by atoms with Crippen molar-refractivity contribution >= 4 is 23.4 Å². The normalized spacial score (nSPS) is 12.1. The lowest BCUT2D eigenvalue weighted by atomic mass is 10.2. The first-order chi connectivity index (χ1) is 10.8. The molecule has 0 unspecified atom stereocenters. The molecule has 0 saturated heterocycles. The first kappa shape index (κ1) is 17.3. The third-order valence-electron chi connectivity index (χ3n) is 3.45. The Bertz CT molecular complexity index is 729. The number of nitrogens with one attached hydrogen (secondary N) is 1. The van der Waals surface area contributed by atoms with Crippen LogP contribution >= 0.6 is 11.8 Å². The molecule has 0 spiro atoms. The molecule has 0 fully saturated rings. The Labute approximate surface area is 137 Å². The summed E-state index contributed by atoms with van der Waals surface area (Å²) < 4.78 is 26.4. The predicted octanol–water partition coefficient (Wildman–Crippen LogP) is 3.80. The van der Waals surface area contributed by atoms with E-state index in [0.29, 0.717) is 5.16 Å². The van der Waals surface area contributed by atoms with E-state index in [2.05, 4.69) is 15.3 Å². The molecule has 0 aliphatic carbocycles. The number of aromatic nitrogens is 2. The summed E-state index contributed by atoms with van der Waals surface area (Å²) in [4.78, 5) is 20.8. The fourth-order valence-corrected chi connectivity index (χ4v) is 2.69. The van der Waals surface area contributed by atoms with Gasteiger partial charge in [0.25, 0.3) is 0 Å². The van der Waals surface area contributed by atoms with E-state index in [1.165, 1.54) is 17.8 Å². The second-order valence-electron chi connectivity index (χ2n) is 5.18. The van der Waals surface area contributed by atoms with Crippen LogP contribution in [0.25, 0.3) is 0 Å². The molecule has 23 heavy (non-hydrogen) atoms. The summed E-state index contributed by atoms with van der Waals surface area (Å²) >= 11 is 1.19. The minimum atomic E-state index is -0.811. The zero-order valence-corrected chi connectivity index (χ0v) is 14.1. The Morgan fingerprint density at radius 3 is 2.35 bits per heavy atom. The van der Waals surface area contributed by atoms with Gasteiger partial charge in [-0.2, -0.15) is 0 Å². The summed E-state index contributed by atoms with van der Waals surface area (Å²) in [5.74, 6) is -1.91. The van der Waals surface area contributed by atoms with Crippen molar-refractivity contribution < 1.29 is 13.6 Å². The average molecular weight is 337 g/mol. The van der Waals surface area contributed by atoms with Crippen LogP contribution < -0.4 is 5.32 Å². The van der Waals surface area contributed by atoms with Gasteiger partial charge in [-0.25, -0.2) is 18.7 Å². The van der Waals surface area contributed by atoms with Gasteiger partial charge in [0.15, 0.2) is 5.16 Å². The first-order valence-electron chi connectivity index (χ1n) is 7.02. The number of halogens is 2. The topological polar surface area (TPSA) is 54.9 Å². The Balaban J connectivity index is 2.08. The summed E-state index contributed by atoms with van der Waals surface area (Å²) in [5.41, 5.74) is 2.68. The highest BCUT2D eigenvalue weighted by Gasteiger charge is 2.18. The van der Waals surface area contributed by atoms with Crippen molar-refractivity contribution in [1.82, 2.24) is 9.97 Å². The molecule has 1 aromatic heterocycles.